The van der Waals surface area contributed by atoms with E-state index >= 15 is 0 Å². The predicted molar refractivity (Wildman–Crippen MR) is 125 cm³/mol. The van der Waals surface area contributed by atoms with Crippen LogP contribution < -0.4 is 10.2 Å². The van der Waals surface area contributed by atoms with Gasteiger partial charge in [0.1, 0.15) is 0 Å². The molecule has 0 unspecified atom stereocenters. The molecule has 2 fully saturated rings. The van der Waals surface area contributed by atoms with Gasteiger partial charge in [0.15, 0.2) is 0 Å². The minimum atomic E-state index is -4.34. The first kappa shape index (κ1) is 24.0. The minimum Gasteiger partial charge on any atom is -0.350 e. The Hall–Kier alpha value is -3.13. The van der Waals surface area contributed by atoms with E-state index < -0.39 is 11.7 Å². The van der Waals surface area contributed by atoms with Crippen LogP contribution in [0.25, 0.3) is 6.08 Å². The summed E-state index contributed by atoms with van der Waals surface area (Å²) in [7, 11) is 0. The fraction of sp³-hybridized carbons (Fsp3) is 0.385. The molecule has 2 heterocycles. The monoisotopic (exact) mass is 471 g/mol. The molecule has 2 aliphatic heterocycles. The van der Waals surface area contributed by atoms with E-state index in [-0.39, 0.29) is 17.9 Å². The molecule has 2 aromatic carbocycles. The molecule has 0 atom stereocenters. The van der Waals surface area contributed by atoms with Crippen LogP contribution in [0.2, 0.25) is 0 Å². The van der Waals surface area contributed by atoms with Crippen LogP contribution in [0.4, 0.5) is 18.9 Å². The summed E-state index contributed by atoms with van der Waals surface area (Å²) >= 11 is 0. The van der Waals surface area contributed by atoms with E-state index in [1.807, 2.05) is 24.3 Å². The van der Waals surface area contributed by atoms with Gasteiger partial charge in [-0.3, -0.25) is 14.5 Å². The average molecular weight is 472 g/mol. The molecule has 0 aliphatic carbocycles. The lowest BCUT2D eigenvalue weighted by molar-refractivity contribution is -0.137. The molecular weight excluding hydrogens is 443 g/mol. The Kier molecular flexibility index (Phi) is 7.36. The van der Waals surface area contributed by atoms with Crippen LogP contribution in [0.3, 0.4) is 0 Å². The fourth-order valence-corrected chi connectivity index (χ4v) is 4.45. The van der Waals surface area contributed by atoms with Gasteiger partial charge in [0.2, 0.25) is 11.8 Å². The first-order chi connectivity index (χ1) is 16.3. The smallest absolute Gasteiger partial charge is 0.350 e. The van der Waals surface area contributed by atoms with Gasteiger partial charge in [-0.15, -0.1) is 0 Å². The number of amides is 2. The van der Waals surface area contributed by atoms with Crippen molar-refractivity contribution in [3.8, 4) is 0 Å². The van der Waals surface area contributed by atoms with Crippen LogP contribution in [-0.2, 0) is 22.3 Å². The van der Waals surface area contributed by atoms with Crippen LogP contribution in [-0.4, -0.2) is 42.4 Å². The van der Waals surface area contributed by atoms with Crippen molar-refractivity contribution in [3.05, 3.63) is 71.3 Å². The molecule has 8 heteroatoms. The minimum absolute atomic E-state index is 0.0402. The van der Waals surface area contributed by atoms with Gasteiger partial charge in [-0.1, -0.05) is 30.3 Å². The van der Waals surface area contributed by atoms with Crippen molar-refractivity contribution in [2.45, 2.75) is 44.4 Å². The van der Waals surface area contributed by atoms with Crippen LogP contribution >= 0.6 is 0 Å². The van der Waals surface area contributed by atoms with Gasteiger partial charge in [0.05, 0.1) is 5.56 Å². The normalized spacial score (nSPS) is 18.1. The summed E-state index contributed by atoms with van der Waals surface area (Å²) in [5.41, 5.74) is 1.76. The summed E-state index contributed by atoms with van der Waals surface area (Å²) in [6.45, 7) is 2.63. The van der Waals surface area contributed by atoms with Crippen molar-refractivity contribution in [3.63, 3.8) is 0 Å². The third-order valence-corrected chi connectivity index (χ3v) is 6.30. The quantitative estimate of drug-likeness (QED) is 0.626. The third kappa shape index (κ3) is 6.26. The van der Waals surface area contributed by atoms with Gasteiger partial charge >= 0.3 is 6.18 Å². The average Bonchev–Trinajstić information content (AvgIpc) is 3.25. The maximum absolute atomic E-state index is 12.9. The zero-order valence-electron chi connectivity index (χ0n) is 18.9. The van der Waals surface area contributed by atoms with Crippen LogP contribution in [0.15, 0.2) is 54.6 Å². The second-order valence-electron chi connectivity index (χ2n) is 8.83. The van der Waals surface area contributed by atoms with E-state index in [2.05, 4.69) is 10.2 Å². The third-order valence-electron chi connectivity index (χ3n) is 6.30. The van der Waals surface area contributed by atoms with Gasteiger partial charge < -0.3 is 10.2 Å². The Morgan fingerprint density at radius 3 is 2.44 bits per heavy atom. The van der Waals surface area contributed by atoms with Gasteiger partial charge in [-0.25, -0.2) is 0 Å². The molecule has 34 heavy (non-hydrogen) atoms. The molecule has 0 bridgehead atoms. The number of hydrogen-bond acceptors (Lipinski definition) is 3. The zero-order valence-corrected chi connectivity index (χ0v) is 18.9. The summed E-state index contributed by atoms with van der Waals surface area (Å²) in [6, 6.07) is 13.0. The van der Waals surface area contributed by atoms with Crippen molar-refractivity contribution in [1.82, 2.24) is 10.2 Å². The molecule has 2 amide bonds. The number of nitrogens with one attached hydrogen (secondary N) is 1. The van der Waals surface area contributed by atoms with Crippen molar-refractivity contribution in [2.24, 2.45) is 0 Å². The highest BCUT2D eigenvalue weighted by molar-refractivity contribution is 5.95. The number of rotatable bonds is 6. The highest BCUT2D eigenvalue weighted by atomic mass is 19.4. The van der Waals surface area contributed by atoms with Gasteiger partial charge in [-0.2, -0.15) is 13.2 Å². The first-order valence-corrected chi connectivity index (χ1v) is 11.6. The summed E-state index contributed by atoms with van der Waals surface area (Å²) < 4.78 is 38.7. The molecular formula is C26H28F3N3O2. The first-order valence-electron chi connectivity index (χ1n) is 11.6. The lowest BCUT2D eigenvalue weighted by atomic mass is 10.0. The van der Waals surface area contributed by atoms with Crippen LogP contribution in [0, 0.1) is 0 Å². The summed E-state index contributed by atoms with van der Waals surface area (Å²) in [4.78, 5) is 28.1. The Balaban J connectivity index is 1.22. The number of likely N-dealkylation sites (tertiary alicyclic amines) is 1. The Labute approximate surface area is 197 Å². The largest absolute Gasteiger partial charge is 0.416 e. The SMILES string of the molecule is O=C(/C=C/c1ccc(N2CCCC2=O)cc1)NC1CCN(Cc2cccc(C(F)(F)F)c2)CC1. The molecule has 0 radical (unpaired) electrons. The van der Waals surface area contributed by atoms with Crippen molar-refractivity contribution < 1.29 is 22.8 Å². The predicted octanol–water partition coefficient (Wildman–Crippen LogP) is 4.63. The summed E-state index contributed by atoms with van der Waals surface area (Å²) in [5, 5.41) is 3.01. The number of carbonyl (C=O) groups excluding carboxylic acids is 2. The molecule has 180 valence electrons. The molecule has 0 saturated carbocycles. The van der Waals surface area contributed by atoms with Crippen molar-refractivity contribution in [2.75, 3.05) is 24.5 Å². The second kappa shape index (κ2) is 10.4. The Bertz CT molecular complexity index is 1040. The van der Waals surface area contributed by atoms with E-state index in [1.165, 1.54) is 18.2 Å². The van der Waals surface area contributed by atoms with Crippen molar-refractivity contribution in [1.29, 1.82) is 0 Å². The molecule has 4 rings (SSSR count). The number of halogens is 3. The van der Waals surface area contributed by atoms with Gasteiger partial charge in [0.25, 0.3) is 0 Å². The number of nitrogens with zero attached hydrogens (tertiary/aromatic N) is 2. The molecule has 5 nitrogen and oxygen atoms in total. The maximum atomic E-state index is 12.9. The number of hydrogen-bond donors (Lipinski definition) is 1. The highest BCUT2D eigenvalue weighted by Gasteiger charge is 2.30. The summed E-state index contributed by atoms with van der Waals surface area (Å²) in [6.07, 6.45) is 1.87. The molecule has 2 aliphatic rings. The van der Waals surface area contributed by atoms with Crippen molar-refractivity contribution >= 4 is 23.6 Å². The number of benzene rings is 2. The lowest BCUT2D eigenvalue weighted by Crippen LogP contribution is -2.43. The topological polar surface area (TPSA) is 52.7 Å². The zero-order chi connectivity index (χ0) is 24.1. The number of carbonyl (C=O) groups is 2. The van der Waals surface area contributed by atoms with E-state index in [0.717, 1.165) is 43.1 Å². The lowest BCUT2D eigenvalue weighted by Gasteiger charge is -2.32. The van der Waals surface area contributed by atoms with Crippen LogP contribution in [0.5, 0.6) is 0 Å². The Morgan fingerprint density at radius 1 is 1.06 bits per heavy atom. The molecule has 2 saturated heterocycles. The number of alkyl halides is 3. The molecule has 1 N–H and O–H groups in total. The fourth-order valence-electron chi connectivity index (χ4n) is 4.45. The molecule has 2 aromatic rings. The van der Waals surface area contributed by atoms with Crippen LogP contribution in [0.1, 0.15) is 42.4 Å². The van der Waals surface area contributed by atoms with E-state index in [1.54, 1.807) is 17.0 Å². The molecule has 0 spiro atoms. The van der Waals surface area contributed by atoms with E-state index in [4.69, 9.17) is 0 Å². The second-order valence-corrected chi connectivity index (χ2v) is 8.83. The number of anilines is 1. The highest BCUT2D eigenvalue weighted by Crippen LogP contribution is 2.30. The van der Waals surface area contributed by atoms with Gasteiger partial charge in [0, 0.05) is 50.4 Å². The van der Waals surface area contributed by atoms with Gasteiger partial charge in [-0.05, 0) is 54.7 Å². The maximum Gasteiger partial charge on any atom is 0.416 e. The summed E-state index contributed by atoms with van der Waals surface area (Å²) in [5.74, 6) is -0.0290. The Morgan fingerprint density at radius 2 is 1.79 bits per heavy atom. The standard InChI is InChI=1S/C26H28F3N3O2/c27-26(28,29)21-4-1-3-20(17-21)18-31-15-12-22(13-16-31)30-24(33)11-8-19-6-9-23(10-7-19)32-14-2-5-25(32)34/h1,3-4,6-11,17,22H,2,5,12-16,18H2,(H,30,33)/b11-8+. The number of piperidine rings is 1. The van der Waals surface area contributed by atoms with E-state index in [0.29, 0.717) is 31.6 Å². The van der Waals surface area contributed by atoms with E-state index in [9.17, 15) is 22.8 Å². The molecule has 0 aromatic heterocycles.